The SMILES string of the molecule is O=C(O)C(F)(F)F.O=C(O[C@H]1C[N+]2(CCCc3ccccc3)CCC1CC2)N(CC1CCCC1)c1cccs1. The number of hydrogen-bond donors (Lipinski definition) is 1. The van der Waals surface area contributed by atoms with Crippen LogP contribution in [0.15, 0.2) is 47.8 Å². The second kappa shape index (κ2) is 13.2. The lowest BCUT2D eigenvalue weighted by molar-refractivity contribution is -0.946. The third-order valence-corrected chi connectivity index (χ3v) is 9.28. The van der Waals surface area contributed by atoms with Crippen molar-refractivity contribution in [1.82, 2.24) is 0 Å². The largest absolute Gasteiger partial charge is 0.490 e. The average molecular weight is 568 g/mol. The number of aliphatic carboxylic acids is 1. The molecule has 2 aromatic rings. The number of rotatable bonds is 8. The Balaban J connectivity index is 0.000000448. The summed E-state index contributed by atoms with van der Waals surface area (Å²) in [6.07, 6.45) is 4.70. The number of nitrogens with zero attached hydrogens (tertiary/aromatic N) is 2. The molecule has 0 radical (unpaired) electrons. The normalized spacial score (nSPS) is 24.6. The van der Waals surface area contributed by atoms with E-state index in [1.165, 1.54) is 70.1 Å². The van der Waals surface area contributed by atoms with Crippen LogP contribution >= 0.6 is 11.3 Å². The first-order chi connectivity index (χ1) is 18.7. The molecule has 1 aliphatic carbocycles. The molecule has 1 aromatic carbocycles. The van der Waals surface area contributed by atoms with Crippen LogP contribution in [0.25, 0.3) is 0 Å². The molecule has 39 heavy (non-hydrogen) atoms. The number of thiophene rings is 1. The second-order valence-corrected chi connectivity index (χ2v) is 12.0. The highest BCUT2D eigenvalue weighted by Gasteiger charge is 2.47. The summed E-state index contributed by atoms with van der Waals surface area (Å²) in [5.74, 6) is -1.59. The van der Waals surface area contributed by atoms with Crippen LogP contribution in [0.3, 0.4) is 0 Å². The highest BCUT2D eigenvalue weighted by atomic mass is 32.1. The highest BCUT2D eigenvalue weighted by molar-refractivity contribution is 7.14. The van der Waals surface area contributed by atoms with Crippen molar-refractivity contribution in [1.29, 1.82) is 0 Å². The lowest BCUT2D eigenvalue weighted by Crippen LogP contribution is -2.65. The number of halogens is 3. The molecular formula is C29H38F3N2O4S+. The number of carboxylic acid groups (broad SMARTS) is 1. The molecule has 4 heterocycles. The number of carbonyl (C=O) groups excluding carboxylic acids is 1. The van der Waals surface area contributed by atoms with Crippen molar-refractivity contribution in [2.75, 3.05) is 37.6 Å². The van der Waals surface area contributed by atoms with E-state index in [1.54, 1.807) is 11.3 Å². The van der Waals surface area contributed by atoms with Crippen LogP contribution in [0.1, 0.15) is 50.5 Å². The van der Waals surface area contributed by atoms with Crippen LogP contribution in [-0.4, -0.2) is 66.7 Å². The fraction of sp³-hybridized carbons (Fsp3) is 0.586. The van der Waals surface area contributed by atoms with Crippen molar-refractivity contribution in [3.63, 3.8) is 0 Å². The number of piperidine rings is 3. The third-order valence-electron chi connectivity index (χ3n) is 8.39. The Kier molecular flexibility index (Phi) is 9.93. The number of amides is 1. The molecule has 3 aliphatic heterocycles. The molecule has 1 amide bonds. The maximum atomic E-state index is 13.4. The van der Waals surface area contributed by atoms with Gasteiger partial charge in [0.15, 0.2) is 6.10 Å². The number of anilines is 1. The Hall–Kier alpha value is -2.59. The van der Waals surface area contributed by atoms with Crippen molar-refractivity contribution in [2.45, 2.75) is 63.6 Å². The number of aryl methyl sites for hydroxylation is 1. The quantitative estimate of drug-likeness (QED) is 0.358. The maximum absolute atomic E-state index is 13.4. The van der Waals surface area contributed by atoms with Gasteiger partial charge < -0.3 is 14.3 Å². The molecule has 1 saturated carbocycles. The van der Waals surface area contributed by atoms with Crippen LogP contribution in [0.5, 0.6) is 0 Å². The maximum Gasteiger partial charge on any atom is 0.490 e. The van der Waals surface area contributed by atoms with E-state index < -0.39 is 12.1 Å². The molecule has 3 saturated heterocycles. The van der Waals surface area contributed by atoms with Crippen molar-refractivity contribution in [3.05, 3.63) is 53.4 Å². The Bertz CT molecular complexity index is 1050. The number of quaternary nitrogens is 1. The molecule has 0 unspecified atom stereocenters. The smallest absolute Gasteiger partial charge is 0.475 e. The molecule has 1 atom stereocenters. The van der Waals surface area contributed by atoms with E-state index in [9.17, 15) is 18.0 Å². The van der Waals surface area contributed by atoms with Gasteiger partial charge in [0.1, 0.15) is 11.5 Å². The lowest BCUT2D eigenvalue weighted by atomic mass is 9.83. The minimum Gasteiger partial charge on any atom is -0.475 e. The molecule has 214 valence electrons. The predicted octanol–water partition coefficient (Wildman–Crippen LogP) is 6.76. The number of fused-ring (bicyclic) bond motifs is 3. The van der Waals surface area contributed by atoms with Gasteiger partial charge in [-0.05, 0) is 48.3 Å². The van der Waals surface area contributed by atoms with Crippen molar-refractivity contribution in [2.24, 2.45) is 11.8 Å². The van der Waals surface area contributed by atoms with Gasteiger partial charge in [-0.2, -0.15) is 13.2 Å². The molecule has 10 heteroatoms. The standard InChI is InChI=1S/C27H37N2O2S.C2HF3O2/c30-27(28(26-13-7-19-32-26)20-23-10-4-5-11-23)31-25-21-29(17-14-24(25)15-18-29)16-6-12-22-8-2-1-3-9-22;3-2(4,5)1(6)7/h1-3,7-9,13,19,23-25H,4-6,10-12,14-18,20-21H2;(H,6,7)/q+1;/t24?,25-,29?;/m0./s1. The monoisotopic (exact) mass is 567 g/mol. The van der Waals surface area contributed by atoms with Crippen LogP contribution in [0.2, 0.25) is 0 Å². The second-order valence-electron chi connectivity index (χ2n) is 11.1. The summed E-state index contributed by atoms with van der Waals surface area (Å²) in [5.41, 5.74) is 1.43. The summed E-state index contributed by atoms with van der Waals surface area (Å²) in [4.78, 5) is 24.2. The minimum absolute atomic E-state index is 0.0766. The fourth-order valence-corrected chi connectivity index (χ4v) is 6.98. The molecule has 6 nitrogen and oxygen atoms in total. The van der Waals surface area contributed by atoms with E-state index >= 15 is 0 Å². The van der Waals surface area contributed by atoms with Gasteiger partial charge in [0, 0.05) is 31.7 Å². The van der Waals surface area contributed by atoms with Gasteiger partial charge in [-0.1, -0.05) is 43.2 Å². The number of hydrogen-bond acceptors (Lipinski definition) is 4. The highest BCUT2D eigenvalue weighted by Crippen LogP contribution is 2.37. The zero-order valence-electron chi connectivity index (χ0n) is 22.2. The zero-order valence-corrected chi connectivity index (χ0v) is 23.0. The summed E-state index contributed by atoms with van der Waals surface area (Å²) in [6, 6.07) is 14.9. The Morgan fingerprint density at radius 2 is 1.69 bits per heavy atom. The molecule has 1 aromatic heterocycles. The van der Waals surface area contributed by atoms with Crippen molar-refractivity contribution >= 4 is 28.4 Å². The fourth-order valence-electron chi connectivity index (χ4n) is 6.25. The van der Waals surface area contributed by atoms with E-state index in [2.05, 4.69) is 41.8 Å². The molecule has 4 fully saturated rings. The average Bonchev–Trinajstić information content (AvgIpc) is 3.63. The number of carbonyl (C=O) groups is 2. The van der Waals surface area contributed by atoms with E-state index in [0.717, 1.165) is 29.0 Å². The Morgan fingerprint density at radius 1 is 1.03 bits per heavy atom. The van der Waals surface area contributed by atoms with Crippen molar-refractivity contribution < 1.29 is 37.1 Å². The Labute approximate surface area is 232 Å². The number of carboxylic acids is 1. The minimum atomic E-state index is -5.08. The van der Waals surface area contributed by atoms with Crippen LogP contribution in [0.4, 0.5) is 23.0 Å². The molecule has 6 rings (SSSR count). The Morgan fingerprint density at radius 3 is 2.28 bits per heavy atom. The van der Waals surface area contributed by atoms with Crippen LogP contribution in [0, 0.1) is 11.8 Å². The van der Waals surface area contributed by atoms with Crippen LogP contribution < -0.4 is 4.90 Å². The van der Waals surface area contributed by atoms with Gasteiger partial charge in [-0.15, -0.1) is 11.3 Å². The van der Waals surface area contributed by atoms with Crippen LogP contribution in [-0.2, 0) is 16.0 Å². The lowest BCUT2D eigenvalue weighted by Gasteiger charge is -2.52. The van der Waals surface area contributed by atoms with Gasteiger partial charge in [-0.25, -0.2) is 9.59 Å². The third kappa shape index (κ3) is 8.20. The van der Waals surface area contributed by atoms with Gasteiger partial charge in [0.05, 0.1) is 19.6 Å². The van der Waals surface area contributed by atoms with E-state index in [1.807, 2.05) is 11.0 Å². The van der Waals surface area contributed by atoms with Gasteiger partial charge in [-0.3, -0.25) is 4.90 Å². The summed E-state index contributed by atoms with van der Waals surface area (Å²) in [7, 11) is 0. The van der Waals surface area contributed by atoms with E-state index in [-0.39, 0.29) is 12.2 Å². The van der Waals surface area contributed by atoms with Crippen molar-refractivity contribution in [3.8, 4) is 0 Å². The van der Waals surface area contributed by atoms with Gasteiger partial charge in [0.25, 0.3) is 0 Å². The first-order valence-corrected chi connectivity index (χ1v) is 14.7. The first-order valence-electron chi connectivity index (χ1n) is 13.9. The number of alkyl halides is 3. The molecule has 4 aliphatic rings. The molecular weight excluding hydrogens is 529 g/mol. The molecule has 2 bridgehead atoms. The number of benzene rings is 1. The zero-order chi connectivity index (χ0) is 27.9. The topological polar surface area (TPSA) is 66.8 Å². The first kappa shape index (κ1) is 29.4. The molecule has 1 N–H and O–H groups in total. The summed E-state index contributed by atoms with van der Waals surface area (Å²) in [5, 5.41) is 10.2. The molecule has 0 spiro atoms. The van der Waals surface area contributed by atoms with E-state index in [0.29, 0.717) is 11.8 Å². The predicted molar refractivity (Wildman–Crippen MR) is 145 cm³/mol. The summed E-state index contributed by atoms with van der Waals surface area (Å²) >= 11 is 1.65. The summed E-state index contributed by atoms with van der Waals surface area (Å²) < 4.78 is 39.2. The summed E-state index contributed by atoms with van der Waals surface area (Å²) in [6.45, 7) is 5.53. The number of ether oxygens (including phenoxy) is 1. The van der Waals surface area contributed by atoms with Gasteiger partial charge >= 0.3 is 18.2 Å². The van der Waals surface area contributed by atoms with E-state index in [4.69, 9.17) is 14.6 Å². The van der Waals surface area contributed by atoms with Gasteiger partial charge in [0.2, 0.25) is 0 Å².